The number of carbonyl (C=O) groups is 1. The van der Waals surface area contributed by atoms with Gasteiger partial charge in [0.25, 0.3) is 0 Å². The van der Waals surface area contributed by atoms with Crippen LogP contribution in [0.4, 0.5) is 16.8 Å². The average Bonchev–Trinajstić information content (AvgIpc) is 3.14. The molecule has 3 heterocycles. The van der Waals surface area contributed by atoms with Crippen LogP contribution < -0.4 is 15.5 Å². The van der Waals surface area contributed by atoms with E-state index in [2.05, 4.69) is 20.6 Å². The van der Waals surface area contributed by atoms with Crippen LogP contribution in [0.3, 0.4) is 0 Å². The summed E-state index contributed by atoms with van der Waals surface area (Å²) in [6.45, 7) is 4.73. The number of hydrogen-bond donors (Lipinski definition) is 2. The molecule has 0 atom stereocenters. The Morgan fingerprint density at radius 1 is 1.19 bits per heavy atom. The summed E-state index contributed by atoms with van der Waals surface area (Å²) in [5, 5.41) is 6.75. The maximum Gasteiger partial charge on any atom is 0.216 e. The van der Waals surface area contributed by atoms with E-state index in [-0.39, 0.29) is 5.91 Å². The standard InChI is InChI=1S/C19H22N6OS/c1-13-7-8-21-18(11-13)25(3)17-6-4-5-15(24-17)16-12-23-19(27-16)22-10-9-20-14(2)26/h4-8,11-12H,9-10H2,1-3H3,(H,20,26)(H,22,23). The molecule has 7 nitrogen and oxygen atoms in total. The predicted octanol–water partition coefficient (Wildman–Crippen LogP) is 3.22. The largest absolute Gasteiger partial charge is 0.360 e. The molecule has 2 N–H and O–H groups in total. The normalized spacial score (nSPS) is 10.5. The van der Waals surface area contributed by atoms with Crippen LogP contribution in [0.15, 0.2) is 42.7 Å². The Labute approximate surface area is 162 Å². The molecule has 8 heteroatoms. The van der Waals surface area contributed by atoms with Gasteiger partial charge in [-0.05, 0) is 36.8 Å². The summed E-state index contributed by atoms with van der Waals surface area (Å²) in [5.41, 5.74) is 2.01. The molecule has 1 amide bonds. The van der Waals surface area contributed by atoms with Crippen molar-refractivity contribution in [1.82, 2.24) is 20.3 Å². The van der Waals surface area contributed by atoms with E-state index < -0.39 is 0 Å². The Morgan fingerprint density at radius 2 is 2.04 bits per heavy atom. The molecule has 0 saturated heterocycles. The lowest BCUT2D eigenvalue weighted by atomic mass is 10.3. The van der Waals surface area contributed by atoms with E-state index in [0.29, 0.717) is 13.1 Å². The van der Waals surface area contributed by atoms with Crippen molar-refractivity contribution in [3.63, 3.8) is 0 Å². The number of hydrogen-bond acceptors (Lipinski definition) is 7. The molecule has 140 valence electrons. The molecule has 3 rings (SSSR count). The van der Waals surface area contributed by atoms with Gasteiger partial charge >= 0.3 is 0 Å². The van der Waals surface area contributed by atoms with Gasteiger partial charge in [0.1, 0.15) is 11.6 Å². The highest BCUT2D eigenvalue weighted by atomic mass is 32.1. The fourth-order valence-electron chi connectivity index (χ4n) is 2.45. The van der Waals surface area contributed by atoms with Crippen molar-refractivity contribution in [3.8, 4) is 10.6 Å². The molecular formula is C19H22N6OS. The second kappa shape index (κ2) is 8.59. The van der Waals surface area contributed by atoms with E-state index >= 15 is 0 Å². The highest BCUT2D eigenvalue weighted by Gasteiger charge is 2.10. The Kier molecular flexibility index (Phi) is 5.97. The molecule has 0 spiro atoms. The minimum Gasteiger partial charge on any atom is -0.360 e. The molecule has 0 fully saturated rings. The van der Waals surface area contributed by atoms with Gasteiger partial charge in [-0.3, -0.25) is 4.79 Å². The summed E-state index contributed by atoms with van der Waals surface area (Å²) in [5.74, 6) is 1.63. The molecular weight excluding hydrogens is 360 g/mol. The summed E-state index contributed by atoms with van der Waals surface area (Å²) in [4.78, 5) is 27.4. The van der Waals surface area contributed by atoms with Crippen LogP contribution in [0.1, 0.15) is 12.5 Å². The summed E-state index contributed by atoms with van der Waals surface area (Å²) < 4.78 is 0. The third-order valence-electron chi connectivity index (χ3n) is 3.86. The number of thiazole rings is 1. The van der Waals surface area contributed by atoms with Gasteiger partial charge in [0.05, 0.1) is 10.6 Å². The zero-order valence-corrected chi connectivity index (χ0v) is 16.4. The summed E-state index contributed by atoms with van der Waals surface area (Å²) in [6, 6.07) is 9.90. The Balaban J connectivity index is 1.71. The SMILES string of the molecule is CC(=O)NCCNc1ncc(-c2cccc(N(C)c3cc(C)ccn3)n2)s1. The van der Waals surface area contributed by atoms with Crippen molar-refractivity contribution in [2.75, 3.05) is 30.4 Å². The molecule has 0 bridgehead atoms. The van der Waals surface area contributed by atoms with E-state index in [1.165, 1.54) is 18.3 Å². The van der Waals surface area contributed by atoms with E-state index in [4.69, 9.17) is 4.98 Å². The number of pyridine rings is 2. The van der Waals surface area contributed by atoms with Gasteiger partial charge in [0, 0.05) is 39.5 Å². The first-order chi connectivity index (χ1) is 13.0. The smallest absolute Gasteiger partial charge is 0.216 e. The van der Waals surface area contributed by atoms with Crippen LogP contribution in [-0.2, 0) is 4.79 Å². The van der Waals surface area contributed by atoms with Gasteiger partial charge in [-0.1, -0.05) is 17.4 Å². The quantitative estimate of drug-likeness (QED) is 0.611. The fraction of sp³-hybridized carbons (Fsp3) is 0.263. The highest BCUT2D eigenvalue weighted by Crippen LogP contribution is 2.29. The number of anilines is 3. The van der Waals surface area contributed by atoms with E-state index in [9.17, 15) is 4.79 Å². The molecule has 0 saturated carbocycles. The first-order valence-corrected chi connectivity index (χ1v) is 9.42. The molecule has 3 aromatic heterocycles. The van der Waals surface area contributed by atoms with Gasteiger partial charge in [-0.2, -0.15) is 0 Å². The molecule has 0 aliphatic rings. The minimum absolute atomic E-state index is 0.0372. The van der Waals surface area contributed by atoms with Gasteiger partial charge in [0.15, 0.2) is 5.13 Å². The van der Waals surface area contributed by atoms with Crippen molar-refractivity contribution < 1.29 is 4.79 Å². The zero-order chi connectivity index (χ0) is 19.2. The molecule has 0 unspecified atom stereocenters. The zero-order valence-electron chi connectivity index (χ0n) is 15.6. The Bertz CT molecular complexity index is 926. The maximum absolute atomic E-state index is 10.9. The van der Waals surface area contributed by atoms with Gasteiger partial charge < -0.3 is 15.5 Å². The molecule has 0 radical (unpaired) electrons. The van der Waals surface area contributed by atoms with Crippen LogP contribution in [0.25, 0.3) is 10.6 Å². The fourth-order valence-corrected chi connectivity index (χ4v) is 3.26. The van der Waals surface area contributed by atoms with Crippen molar-refractivity contribution in [1.29, 1.82) is 0 Å². The van der Waals surface area contributed by atoms with Crippen LogP contribution in [0, 0.1) is 6.92 Å². The summed E-state index contributed by atoms with van der Waals surface area (Å²) in [7, 11) is 1.95. The lowest BCUT2D eigenvalue weighted by Gasteiger charge is -2.18. The molecule has 3 aromatic rings. The molecule has 0 aliphatic carbocycles. The predicted molar refractivity (Wildman–Crippen MR) is 110 cm³/mol. The number of nitrogens with zero attached hydrogens (tertiary/aromatic N) is 4. The molecule has 0 aliphatic heterocycles. The number of amides is 1. The third kappa shape index (κ3) is 5.01. The lowest BCUT2D eigenvalue weighted by Crippen LogP contribution is -2.26. The monoisotopic (exact) mass is 382 g/mol. The Morgan fingerprint density at radius 3 is 2.81 bits per heavy atom. The number of carbonyl (C=O) groups excluding carboxylic acids is 1. The average molecular weight is 382 g/mol. The lowest BCUT2D eigenvalue weighted by molar-refractivity contribution is -0.118. The number of aromatic nitrogens is 3. The number of rotatable bonds is 7. The van der Waals surface area contributed by atoms with Crippen molar-refractivity contribution in [2.24, 2.45) is 0 Å². The topological polar surface area (TPSA) is 83.0 Å². The summed E-state index contributed by atoms with van der Waals surface area (Å²) in [6.07, 6.45) is 3.61. The molecule has 0 aromatic carbocycles. The van der Waals surface area contributed by atoms with E-state index in [1.807, 2.05) is 55.4 Å². The number of nitrogens with one attached hydrogen (secondary N) is 2. The van der Waals surface area contributed by atoms with Crippen molar-refractivity contribution in [3.05, 3.63) is 48.3 Å². The van der Waals surface area contributed by atoms with Crippen LogP contribution in [-0.4, -0.2) is 41.0 Å². The van der Waals surface area contributed by atoms with Gasteiger partial charge in [0.2, 0.25) is 5.91 Å². The van der Waals surface area contributed by atoms with E-state index in [1.54, 1.807) is 6.20 Å². The molecule has 27 heavy (non-hydrogen) atoms. The van der Waals surface area contributed by atoms with Gasteiger partial charge in [-0.25, -0.2) is 15.0 Å². The minimum atomic E-state index is -0.0372. The van der Waals surface area contributed by atoms with E-state index in [0.717, 1.165) is 32.9 Å². The van der Waals surface area contributed by atoms with Crippen molar-refractivity contribution in [2.45, 2.75) is 13.8 Å². The van der Waals surface area contributed by atoms with Crippen molar-refractivity contribution >= 4 is 34.0 Å². The highest BCUT2D eigenvalue weighted by molar-refractivity contribution is 7.18. The van der Waals surface area contributed by atoms with Gasteiger partial charge in [-0.15, -0.1) is 0 Å². The van der Waals surface area contributed by atoms with Crippen LogP contribution in [0.2, 0.25) is 0 Å². The summed E-state index contributed by atoms with van der Waals surface area (Å²) >= 11 is 1.53. The number of aryl methyl sites for hydroxylation is 1. The second-order valence-corrected chi connectivity index (χ2v) is 7.10. The first-order valence-electron chi connectivity index (χ1n) is 8.61. The second-order valence-electron chi connectivity index (χ2n) is 6.07. The third-order valence-corrected chi connectivity index (χ3v) is 4.83. The maximum atomic E-state index is 10.9. The first kappa shape index (κ1) is 18.8. The van der Waals surface area contributed by atoms with Crippen LogP contribution >= 0.6 is 11.3 Å². The Hall–Kier alpha value is -3.00. The van der Waals surface area contributed by atoms with Crippen LogP contribution in [0.5, 0.6) is 0 Å².